The number of carbonyl (C=O) groups excluding carboxylic acids is 1. The van der Waals surface area contributed by atoms with Crippen molar-refractivity contribution >= 4 is 13.7 Å². The van der Waals surface area contributed by atoms with Crippen molar-refractivity contribution in [2.24, 2.45) is 0 Å². The Labute approximate surface area is 511 Å². The molecule has 0 bridgehead atoms. The number of amides is 1. The van der Waals surface area contributed by atoms with Gasteiger partial charge in [-0.15, -0.1) is 0 Å². The fraction of sp³-hybridized carbons (Fsp3) is 0.877. The van der Waals surface area contributed by atoms with E-state index in [0.717, 1.165) is 44.9 Å². The molecule has 0 heterocycles. The minimum atomic E-state index is -4.35. The van der Waals surface area contributed by atoms with Gasteiger partial charge in [0.15, 0.2) is 0 Å². The van der Waals surface area contributed by atoms with Crippen molar-refractivity contribution in [1.82, 2.24) is 5.32 Å². The van der Waals surface area contributed by atoms with Crippen LogP contribution in [0, 0.1) is 0 Å². The maximum Gasteiger partial charge on any atom is 0.472 e. The summed E-state index contributed by atoms with van der Waals surface area (Å²) < 4.78 is 23.8. The number of rotatable bonds is 67. The zero-order chi connectivity index (χ0) is 59.8. The second kappa shape index (κ2) is 63.9. The molecule has 0 aliphatic carbocycles. The second-order valence-corrected chi connectivity index (χ2v) is 27.4. The third-order valence-corrected chi connectivity index (χ3v) is 17.5. The van der Waals surface area contributed by atoms with Gasteiger partial charge in [-0.25, -0.2) is 4.57 Å². The smallest absolute Gasteiger partial charge is 0.387 e. The van der Waals surface area contributed by atoms with Gasteiger partial charge in [0.25, 0.3) is 0 Å². The van der Waals surface area contributed by atoms with Crippen molar-refractivity contribution in [3.63, 3.8) is 0 Å². The van der Waals surface area contributed by atoms with Gasteiger partial charge in [0.05, 0.1) is 39.9 Å². The summed E-state index contributed by atoms with van der Waals surface area (Å²) >= 11 is 0. The fourth-order valence-electron chi connectivity index (χ4n) is 10.9. The van der Waals surface area contributed by atoms with E-state index >= 15 is 0 Å². The highest BCUT2D eigenvalue weighted by Crippen LogP contribution is 2.43. The van der Waals surface area contributed by atoms with Gasteiger partial charge in [0, 0.05) is 6.42 Å². The van der Waals surface area contributed by atoms with Crippen molar-refractivity contribution in [1.29, 1.82) is 0 Å². The van der Waals surface area contributed by atoms with Crippen LogP contribution in [0.1, 0.15) is 361 Å². The standard InChI is InChI=1S/C73H141N2O6P/c1-6-8-10-12-14-16-18-20-22-24-26-28-30-31-32-33-34-35-36-37-38-39-40-41-42-43-45-47-49-51-53-55-57-59-61-63-65-67-73(77)74-71(70-81-82(78,79)80-69-68-75(3,4)5)72(76)66-64-62-60-58-56-54-52-50-48-46-44-29-27-25-23-21-19-17-15-13-11-9-7-2/h18,20,24,26,30-31,64,66,71-72,76H,6-17,19,21-23,25,27-29,32-63,65,67-70H2,1-5H3,(H-,74,77,78,79)/p+1/b20-18-,26-24-,31-30-,66-64+. The number of hydrogen-bond acceptors (Lipinski definition) is 5. The molecule has 3 N–H and O–H groups in total. The molecule has 0 aromatic carbocycles. The van der Waals surface area contributed by atoms with E-state index in [1.165, 1.54) is 295 Å². The van der Waals surface area contributed by atoms with E-state index in [9.17, 15) is 19.4 Å². The van der Waals surface area contributed by atoms with Crippen LogP contribution in [-0.4, -0.2) is 73.4 Å². The molecule has 0 rings (SSSR count). The summed E-state index contributed by atoms with van der Waals surface area (Å²) in [5, 5.41) is 14.0. The third-order valence-electron chi connectivity index (χ3n) is 16.5. The molecule has 0 spiro atoms. The number of phosphoric acid groups is 1. The largest absolute Gasteiger partial charge is 0.472 e. The van der Waals surface area contributed by atoms with Crippen LogP contribution in [0.5, 0.6) is 0 Å². The second-order valence-electron chi connectivity index (χ2n) is 26.0. The number of allylic oxidation sites excluding steroid dienone is 7. The van der Waals surface area contributed by atoms with Gasteiger partial charge in [0.1, 0.15) is 13.2 Å². The number of hydrogen-bond donors (Lipinski definition) is 3. The molecular formula is C73H142N2O6P+. The van der Waals surface area contributed by atoms with Crippen LogP contribution in [0.25, 0.3) is 0 Å². The molecule has 0 aromatic rings. The first kappa shape index (κ1) is 80.5. The number of likely N-dealkylation sites (N-methyl/N-ethyl adjacent to an activating group) is 1. The van der Waals surface area contributed by atoms with E-state index in [1.807, 2.05) is 27.2 Å². The highest BCUT2D eigenvalue weighted by molar-refractivity contribution is 7.47. The van der Waals surface area contributed by atoms with Crippen molar-refractivity contribution < 1.29 is 32.9 Å². The molecule has 0 saturated heterocycles. The molecule has 9 heteroatoms. The summed E-state index contributed by atoms with van der Waals surface area (Å²) in [5.41, 5.74) is 0. The van der Waals surface area contributed by atoms with Gasteiger partial charge in [-0.1, -0.05) is 345 Å². The molecule has 484 valence electrons. The lowest BCUT2D eigenvalue weighted by atomic mass is 10.0. The molecule has 0 saturated carbocycles. The molecule has 3 unspecified atom stereocenters. The van der Waals surface area contributed by atoms with E-state index in [1.54, 1.807) is 6.08 Å². The predicted octanol–water partition coefficient (Wildman–Crippen LogP) is 23.0. The lowest BCUT2D eigenvalue weighted by Gasteiger charge is -2.25. The normalized spacial score (nSPS) is 13.9. The van der Waals surface area contributed by atoms with Gasteiger partial charge in [0.2, 0.25) is 5.91 Å². The average Bonchev–Trinajstić information content (AvgIpc) is 3.47. The van der Waals surface area contributed by atoms with E-state index in [0.29, 0.717) is 17.4 Å². The molecule has 0 fully saturated rings. The Bertz CT molecular complexity index is 1480. The van der Waals surface area contributed by atoms with Crippen LogP contribution < -0.4 is 5.32 Å². The SMILES string of the molecule is CCCCCCC/C=C\C/C=C\C/C=C\CCCCCCCCCCCCCCCCCCCCCCCCC(=O)NC(COP(=O)(O)OCC[N+](C)(C)C)C(O)/C=C/CCCCCCCCCCCCCCCCCCCCCCC. The zero-order valence-electron chi connectivity index (χ0n) is 55.5. The van der Waals surface area contributed by atoms with Crippen LogP contribution in [0.3, 0.4) is 0 Å². The summed E-state index contributed by atoms with van der Waals surface area (Å²) in [6.45, 7) is 4.86. The molecule has 1 amide bonds. The van der Waals surface area contributed by atoms with Gasteiger partial charge in [-0.05, 0) is 57.8 Å². The van der Waals surface area contributed by atoms with Gasteiger partial charge in [-0.2, -0.15) is 0 Å². The number of nitrogens with zero attached hydrogens (tertiary/aromatic N) is 1. The number of unbranched alkanes of at least 4 members (excludes halogenated alkanes) is 48. The maximum atomic E-state index is 13.1. The summed E-state index contributed by atoms with van der Waals surface area (Å²) in [4.78, 5) is 23.4. The Kier molecular flexibility index (Phi) is 62.7. The van der Waals surface area contributed by atoms with Crippen LogP contribution in [0.4, 0.5) is 0 Å². The molecule has 0 aliphatic rings. The predicted molar refractivity (Wildman–Crippen MR) is 360 cm³/mol. The Balaban J connectivity index is 3.98. The number of phosphoric ester groups is 1. The first-order chi connectivity index (χ1) is 40.0. The highest BCUT2D eigenvalue weighted by atomic mass is 31.2. The Morgan fingerprint density at radius 2 is 0.695 bits per heavy atom. The highest BCUT2D eigenvalue weighted by Gasteiger charge is 2.28. The lowest BCUT2D eigenvalue weighted by Crippen LogP contribution is -2.45. The van der Waals surface area contributed by atoms with Crippen LogP contribution in [-0.2, 0) is 18.4 Å². The van der Waals surface area contributed by atoms with E-state index in [2.05, 4.69) is 55.6 Å². The number of aliphatic hydroxyl groups is 1. The van der Waals surface area contributed by atoms with E-state index in [-0.39, 0.29) is 19.1 Å². The topological polar surface area (TPSA) is 105 Å². The Hall–Kier alpha value is -1.54. The molecule has 0 aliphatic heterocycles. The van der Waals surface area contributed by atoms with Crippen LogP contribution in [0.15, 0.2) is 48.6 Å². The molecule has 3 atom stereocenters. The van der Waals surface area contributed by atoms with Crippen LogP contribution >= 0.6 is 7.82 Å². The van der Waals surface area contributed by atoms with Crippen molar-refractivity contribution in [2.75, 3.05) is 40.9 Å². The Morgan fingerprint density at radius 3 is 1.01 bits per heavy atom. The number of carbonyl (C=O) groups is 1. The quantitative estimate of drug-likeness (QED) is 0.0243. The summed E-state index contributed by atoms with van der Waals surface area (Å²) in [7, 11) is 1.59. The maximum absolute atomic E-state index is 13.1. The fourth-order valence-corrected chi connectivity index (χ4v) is 11.7. The van der Waals surface area contributed by atoms with Crippen LogP contribution in [0.2, 0.25) is 0 Å². The van der Waals surface area contributed by atoms with Gasteiger partial charge >= 0.3 is 7.82 Å². The number of nitrogens with one attached hydrogen (secondary N) is 1. The molecule has 82 heavy (non-hydrogen) atoms. The van der Waals surface area contributed by atoms with Crippen molar-refractivity contribution in [3.8, 4) is 0 Å². The number of aliphatic hydroxyl groups excluding tert-OH is 1. The Morgan fingerprint density at radius 1 is 0.415 bits per heavy atom. The average molecular weight is 1170 g/mol. The first-order valence-electron chi connectivity index (χ1n) is 36.0. The third kappa shape index (κ3) is 66.0. The molecular weight excluding hydrogens is 1030 g/mol. The minimum Gasteiger partial charge on any atom is -0.387 e. The summed E-state index contributed by atoms with van der Waals surface area (Å²) in [5.74, 6) is -0.170. The zero-order valence-corrected chi connectivity index (χ0v) is 56.4. The summed E-state index contributed by atoms with van der Waals surface area (Å²) in [6.07, 6.45) is 86.9. The van der Waals surface area contributed by atoms with Gasteiger partial charge < -0.3 is 19.8 Å². The van der Waals surface area contributed by atoms with E-state index in [4.69, 9.17) is 9.05 Å². The van der Waals surface area contributed by atoms with Crippen molar-refractivity contribution in [3.05, 3.63) is 48.6 Å². The van der Waals surface area contributed by atoms with Crippen molar-refractivity contribution in [2.45, 2.75) is 373 Å². The molecule has 0 aromatic heterocycles. The van der Waals surface area contributed by atoms with Gasteiger partial charge in [-0.3, -0.25) is 13.8 Å². The minimum absolute atomic E-state index is 0.0632. The summed E-state index contributed by atoms with van der Waals surface area (Å²) in [6, 6.07) is -0.847. The first-order valence-corrected chi connectivity index (χ1v) is 37.5. The monoisotopic (exact) mass is 1170 g/mol. The molecule has 8 nitrogen and oxygen atoms in total. The molecule has 0 radical (unpaired) electrons. The number of quaternary nitrogens is 1. The lowest BCUT2D eigenvalue weighted by molar-refractivity contribution is -0.870. The van der Waals surface area contributed by atoms with E-state index < -0.39 is 20.0 Å².